The molecular formula is C25H27FN2O3. The van der Waals surface area contributed by atoms with E-state index >= 15 is 0 Å². The molecule has 1 amide bonds. The third-order valence-electron chi connectivity index (χ3n) is 5.87. The lowest BCUT2D eigenvalue weighted by atomic mass is 9.91. The Labute approximate surface area is 181 Å². The van der Waals surface area contributed by atoms with E-state index in [1.807, 2.05) is 35.8 Å². The smallest absolute Gasteiger partial charge is 0.325 e. The number of ether oxygens (including phenoxy) is 1. The first-order valence-electron chi connectivity index (χ1n) is 10.7. The minimum Gasteiger partial charge on any atom is -0.465 e. The summed E-state index contributed by atoms with van der Waals surface area (Å²) < 4.78 is 21.1. The number of halogens is 1. The third-order valence-corrected chi connectivity index (χ3v) is 5.87. The Morgan fingerprint density at radius 1 is 1.19 bits per heavy atom. The van der Waals surface area contributed by atoms with Gasteiger partial charge in [-0.05, 0) is 62.4 Å². The van der Waals surface area contributed by atoms with E-state index in [4.69, 9.17) is 4.74 Å². The van der Waals surface area contributed by atoms with E-state index in [2.05, 4.69) is 5.32 Å². The van der Waals surface area contributed by atoms with Gasteiger partial charge in [0.05, 0.1) is 13.0 Å². The second kappa shape index (κ2) is 8.92. The van der Waals surface area contributed by atoms with Crippen LogP contribution in [0.2, 0.25) is 0 Å². The highest BCUT2D eigenvalue weighted by atomic mass is 19.1. The number of carbonyl (C=O) groups excluding carboxylic acids is 2. The summed E-state index contributed by atoms with van der Waals surface area (Å²) in [6.07, 6.45) is 2.43. The molecule has 0 saturated carbocycles. The molecule has 1 N–H and O–H groups in total. The maximum Gasteiger partial charge on any atom is 0.325 e. The molecule has 0 aliphatic heterocycles. The monoisotopic (exact) mass is 422 g/mol. The fraction of sp³-hybridized carbons (Fsp3) is 0.360. The van der Waals surface area contributed by atoms with Gasteiger partial charge in [0.25, 0.3) is 0 Å². The first kappa shape index (κ1) is 21.1. The van der Waals surface area contributed by atoms with Crippen LogP contribution in [0.4, 0.5) is 4.39 Å². The zero-order valence-corrected chi connectivity index (χ0v) is 17.9. The van der Waals surface area contributed by atoms with Crippen molar-refractivity contribution < 1.29 is 18.7 Å². The topological polar surface area (TPSA) is 60.3 Å². The van der Waals surface area contributed by atoms with E-state index in [1.165, 1.54) is 12.1 Å². The summed E-state index contributed by atoms with van der Waals surface area (Å²) in [6.45, 7) is 4.23. The van der Waals surface area contributed by atoms with Gasteiger partial charge in [0, 0.05) is 22.6 Å². The van der Waals surface area contributed by atoms with Crippen LogP contribution in [0.3, 0.4) is 0 Å². The highest BCUT2D eigenvalue weighted by molar-refractivity contribution is 5.88. The fourth-order valence-electron chi connectivity index (χ4n) is 4.43. The number of carbonyl (C=O) groups is 2. The number of nitrogens with zero attached hydrogens (tertiary/aromatic N) is 1. The molecule has 4 rings (SSSR count). The minimum atomic E-state index is -0.311. The number of fused-ring (bicyclic) bond motifs is 3. The minimum absolute atomic E-state index is 0.0151. The van der Waals surface area contributed by atoms with Gasteiger partial charge >= 0.3 is 5.97 Å². The summed E-state index contributed by atoms with van der Waals surface area (Å²) in [5.41, 5.74) is 5.00. The maximum atomic E-state index is 14.0. The Morgan fingerprint density at radius 2 is 1.97 bits per heavy atom. The quantitative estimate of drug-likeness (QED) is 0.614. The van der Waals surface area contributed by atoms with Crippen LogP contribution in [0.1, 0.15) is 35.7 Å². The molecule has 1 aromatic heterocycles. The number of nitrogens with one attached hydrogen (secondary N) is 1. The van der Waals surface area contributed by atoms with Crippen molar-refractivity contribution in [3.63, 3.8) is 0 Å². The van der Waals surface area contributed by atoms with Gasteiger partial charge in [0.15, 0.2) is 0 Å². The Morgan fingerprint density at radius 3 is 2.71 bits per heavy atom. The lowest BCUT2D eigenvalue weighted by Gasteiger charge is -2.25. The van der Waals surface area contributed by atoms with Gasteiger partial charge in [-0.2, -0.15) is 0 Å². The van der Waals surface area contributed by atoms with Crippen molar-refractivity contribution >= 4 is 22.8 Å². The molecule has 0 bridgehead atoms. The van der Waals surface area contributed by atoms with Crippen LogP contribution in [0.25, 0.3) is 10.9 Å². The van der Waals surface area contributed by atoms with E-state index in [-0.39, 0.29) is 30.3 Å². The van der Waals surface area contributed by atoms with Gasteiger partial charge in [-0.25, -0.2) is 4.39 Å². The molecular weight excluding hydrogens is 395 g/mol. The second-order valence-electron chi connectivity index (χ2n) is 8.15. The van der Waals surface area contributed by atoms with Crippen LogP contribution in [-0.2, 0) is 40.1 Å². The van der Waals surface area contributed by atoms with E-state index in [9.17, 15) is 14.0 Å². The first-order chi connectivity index (χ1) is 14.9. The van der Waals surface area contributed by atoms with Gasteiger partial charge in [0.1, 0.15) is 12.4 Å². The fourth-order valence-corrected chi connectivity index (χ4v) is 4.43. The van der Waals surface area contributed by atoms with Crippen LogP contribution >= 0.6 is 0 Å². The summed E-state index contributed by atoms with van der Waals surface area (Å²) in [4.78, 5) is 24.7. The molecule has 6 heteroatoms. The van der Waals surface area contributed by atoms with Crippen molar-refractivity contribution in [1.29, 1.82) is 0 Å². The van der Waals surface area contributed by atoms with Crippen molar-refractivity contribution in [2.45, 2.75) is 52.1 Å². The Hall–Kier alpha value is -3.15. The largest absolute Gasteiger partial charge is 0.465 e. The van der Waals surface area contributed by atoms with Crippen molar-refractivity contribution in [2.24, 2.45) is 0 Å². The number of hydrogen-bond acceptors (Lipinski definition) is 3. The Balaban J connectivity index is 1.54. The molecule has 1 atom stereocenters. The van der Waals surface area contributed by atoms with Crippen molar-refractivity contribution in [1.82, 2.24) is 9.88 Å². The Bertz CT molecular complexity index is 1120. The van der Waals surface area contributed by atoms with Crippen LogP contribution in [0.5, 0.6) is 0 Å². The average Bonchev–Trinajstić information content (AvgIpc) is 3.02. The van der Waals surface area contributed by atoms with E-state index < -0.39 is 0 Å². The maximum absolute atomic E-state index is 14.0. The van der Waals surface area contributed by atoms with E-state index in [1.54, 1.807) is 13.0 Å². The summed E-state index contributed by atoms with van der Waals surface area (Å²) in [5, 5.41) is 3.94. The zero-order valence-electron chi connectivity index (χ0n) is 17.9. The predicted molar refractivity (Wildman–Crippen MR) is 117 cm³/mol. The van der Waals surface area contributed by atoms with E-state index in [0.717, 1.165) is 39.7 Å². The summed E-state index contributed by atoms with van der Waals surface area (Å²) in [6, 6.07) is 12.6. The summed E-state index contributed by atoms with van der Waals surface area (Å²) in [5.74, 6) is -0.632. The molecule has 1 aliphatic carbocycles. The van der Waals surface area contributed by atoms with Gasteiger partial charge in [-0.15, -0.1) is 0 Å². The van der Waals surface area contributed by atoms with Crippen molar-refractivity contribution in [3.05, 3.63) is 70.7 Å². The van der Waals surface area contributed by atoms with Crippen molar-refractivity contribution in [2.75, 3.05) is 6.61 Å². The SMILES string of the molecule is CCOC(=O)Cn1c2c(c3cc(F)ccc31)C[C@@H](NC(=O)Cc1ccc(C)cc1)CC2. The molecule has 1 heterocycles. The second-order valence-corrected chi connectivity index (χ2v) is 8.15. The van der Waals surface area contributed by atoms with Gasteiger partial charge in [0.2, 0.25) is 5.91 Å². The van der Waals surface area contributed by atoms with Gasteiger partial charge < -0.3 is 14.6 Å². The average molecular weight is 423 g/mol. The zero-order chi connectivity index (χ0) is 22.0. The molecule has 1 aliphatic rings. The van der Waals surface area contributed by atoms with Crippen LogP contribution in [0, 0.1) is 12.7 Å². The summed E-state index contributed by atoms with van der Waals surface area (Å²) >= 11 is 0. The summed E-state index contributed by atoms with van der Waals surface area (Å²) in [7, 11) is 0. The predicted octanol–water partition coefficient (Wildman–Crippen LogP) is 3.87. The lowest BCUT2D eigenvalue weighted by molar-refractivity contribution is -0.143. The number of aromatic nitrogens is 1. The van der Waals surface area contributed by atoms with E-state index in [0.29, 0.717) is 25.9 Å². The molecule has 0 fully saturated rings. The van der Waals surface area contributed by atoms with Crippen LogP contribution in [0.15, 0.2) is 42.5 Å². The lowest BCUT2D eigenvalue weighted by Crippen LogP contribution is -2.39. The number of aryl methyl sites for hydroxylation is 1. The Kier molecular flexibility index (Phi) is 6.07. The number of esters is 1. The number of amides is 1. The molecule has 0 radical (unpaired) electrons. The normalized spacial score (nSPS) is 15.5. The van der Waals surface area contributed by atoms with Gasteiger partial charge in [-0.1, -0.05) is 29.8 Å². The molecule has 31 heavy (non-hydrogen) atoms. The number of benzene rings is 2. The first-order valence-corrected chi connectivity index (χ1v) is 10.7. The molecule has 0 unspecified atom stereocenters. The van der Waals surface area contributed by atoms with Crippen LogP contribution < -0.4 is 5.32 Å². The molecule has 162 valence electrons. The highest BCUT2D eigenvalue weighted by Crippen LogP contribution is 2.33. The van der Waals surface area contributed by atoms with Crippen molar-refractivity contribution in [3.8, 4) is 0 Å². The standard InChI is InChI=1S/C25H27FN2O3/c1-3-31-25(30)15-28-22-10-8-18(26)13-20(22)21-14-19(9-11-23(21)28)27-24(29)12-17-6-4-16(2)5-7-17/h4-8,10,13,19H,3,9,11-12,14-15H2,1-2H3,(H,27,29)/t19-/m0/s1. The third kappa shape index (κ3) is 4.63. The molecule has 3 aromatic rings. The number of rotatable bonds is 6. The molecule has 2 aromatic carbocycles. The number of hydrogen-bond donors (Lipinski definition) is 1. The molecule has 5 nitrogen and oxygen atoms in total. The highest BCUT2D eigenvalue weighted by Gasteiger charge is 2.27. The molecule has 0 spiro atoms. The van der Waals surface area contributed by atoms with Gasteiger partial charge in [-0.3, -0.25) is 9.59 Å². The van der Waals surface area contributed by atoms with Crippen LogP contribution in [-0.4, -0.2) is 29.1 Å². The molecule has 0 saturated heterocycles.